The average Bonchev–Trinajstić information content (AvgIpc) is 2.20. The second kappa shape index (κ2) is 4.09. The molecular formula is C12H15NO. The van der Waals surface area contributed by atoms with E-state index in [4.69, 9.17) is 5.21 Å². The van der Waals surface area contributed by atoms with Crippen LogP contribution in [0.1, 0.15) is 19.4 Å². The van der Waals surface area contributed by atoms with Crippen molar-refractivity contribution in [2.75, 3.05) is 0 Å². The highest BCUT2D eigenvalue weighted by Crippen LogP contribution is 2.23. The Kier molecular flexibility index (Phi) is 3.07. The Morgan fingerprint density at radius 1 is 1.36 bits per heavy atom. The zero-order valence-corrected chi connectivity index (χ0v) is 8.57. The molecular weight excluding hydrogens is 174 g/mol. The molecule has 0 saturated carbocycles. The van der Waals surface area contributed by atoms with Crippen LogP contribution in [0.4, 0.5) is 0 Å². The molecule has 0 spiro atoms. The maximum atomic E-state index is 8.99. The van der Waals surface area contributed by atoms with Gasteiger partial charge in [0.2, 0.25) is 0 Å². The first-order valence-corrected chi connectivity index (χ1v) is 4.53. The minimum Gasteiger partial charge on any atom is -0.411 e. The number of allylic oxidation sites excluding steroid dienone is 1. The molecule has 0 saturated heterocycles. The summed E-state index contributed by atoms with van der Waals surface area (Å²) in [6.45, 7) is 7.66. The van der Waals surface area contributed by atoms with Crippen molar-refractivity contribution in [1.82, 2.24) is 0 Å². The summed E-state index contributed by atoms with van der Waals surface area (Å²) < 4.78 is 0. The summed E-state index contributed by atoms with van der Waals surface area (Å²) in [5.74, 6) is 0. The highest BCUT2D eigenvalue weighted by molar-refractivity contribution is 6.05. The van der Waals surface area contributed by atoms with E-state index in [1.807, 2.05) is 44.2 Å². The molecule has 1 N–H and O–H groups in total. The van der Waals surface area contributed by atoms with Crippen LogP contribution in [0.2, 0.25) is 0 Å². The van der Waals surface area contributed by atoms with Gasteiger partial charge in [-0.25, -0.2) is 0 Å². The number of nitrogens with zero attached hydrogens (tertiary/aromatic N) is 1. The van der Waals surface area contributed by atoms with E-state index < -0.39 is 0 Å². The molecule has 1 aromatic rings. The second-order valence-electron chi connectivity index (χ2n) is 3.74. The Hall–Kier alpha value is -1.57. The van der Waals surface area contributed by atoms with Gasteiger partial charge in [-0.1, -0.05) is 55.4 Å². The Balaban J connectivity index is 3.13. The van der Waals surface area contributed by atoms with Crippen molar-refractivity contribution in [3.05, 3.63) is 48.6 Å². The summed E-state index contributed by atoms with van der Waals surface area (Å²) in [5.41, 5.74) is 1.23. The molecule has 0 aliphatic rings. The van der Waals surface area contributed by atoms with Gasteiger partial charge < -0.3 is 5.21 Å². The van der Waals surface area contributed by atoms with Crippen molar-refractivity contribution in [1.29, 1.82) is 0 Å². The molecule has 0 aliphatic heterocycles. The fourth-order valence-corrected chi connectivity index (χ4v) is 1.25. The van der Waals surface area contributed by atoms with Gasteiger partial charge in [0.15, 0.2) is 0 Å². The monoisotopic (exact) mass is 189 g/mol. The molecule has 2 nitrogen and oxygen atoms in total. The van der Waals surface area contributed by atoms with Gasteiger partial charge in [0.25, 0.3) is 0 Å². The third-order valence-electron chi connectivity index (χ3n) is 2.27. The summed E-state index contributed by atoms with van der Waals surface area (Å²) in [6, 6.07) is 9.60. The normalized spacial score (nSPS) is 12.6. The van der Waals surface area contributed by atoms with E-state index in [-0.39, 0.29) is 5.41 Å². The van der Waals surface area contributed by atoms with Crippen LogP contribution in [0.3, 0.4) is 0 Å². The van der Waals surface area contributed by atoms with E-state index in [1.165, 1.54) is 0 Å². The molecule has 1 aromatic carbocycles. The molecule has 2 heteroatoms. The van der Waals surface area contributed by atoms with E-state index in [0.717, 1.165) is 5.56 Å². The molecule has 0 unspecified atom stereocenters. The lowest BCUT2D eigenvalue weighted by molar-refractivity contribution is 0.313. The SMILES string of the molecule is C=CC(C)(C)C(=NO)c1ccccc1. The number of rotatable bonds is 3. The van der Waals surface area contributed by atoms with Crippen molar-refractivity contribution >= 4 is 5.71 Å². The van der Waals surface area contributed by atoms with E-state index in [9.17, 15) is 0 Å². The Bertz CT molecular complexity index is 339. The molecule has 0 bridgehead atoms. The van der Waals surface area contributed by atoms with Crippen molar-refractivity contribution < 1.29 is 5.21 Å². The largest absolute Gasteiger partial charge is 0.411 e. The van der Waals surface area contributed by atoms with Gasteiger partial charge in [-0.2, -0.15) is 0 Å². The zero-order valence-electron chi connectivity index (χ0n) is 8.57. The number of hydrogen-bond acceptors (Lipinski definition) is 2. The minimum absolute atomic E-state index is 0.323. The Labute approximate surface area is 84.6 Å². The minimum atomic E-state index is -0.323. The predicted molar refractivity (Wildman–Crippen MR) is 58.7 cm³/mol. The van der Waals surface area contributed by atoms with Gasteiger partial charge >= 0.3 is 0 Å². The van der Waals surface area contributed by atoms with Gasteiger partial charge in [0.1, 0.15) is 0 Å². The van der Waals surface area contributed by atoms with Gasteiger partial charge in [0.05, 0.1) is 5.71 Å². The van der Waals surface area contributed by atoms with E-state index in [0.29, 0.717) is 5.71 Å². The molecule has 0 aliphatic carbocycles. The lowest BCUT2D eigenvalue weighted by Crippen LogP contribution is -2.22. The number of oxime groups is 1. The second-order valence-corrected chi connectivity index (χ2v) is 3.74. The van der Waals surface area contributed by atoms with Gasteiger partial charge in [-0.15, -0.1) is 6.58 Å². The van der Waals surface area contributed by atoms with Gasteiger partial charge in [-0.05, 0) is 0 Å². The van der Waals surface area contributed by atoms with Crippen LogP contribution in [-0.4, -0.2) is 10.9 Å². The maximum absolute atomic E-state index is 8.99. The molecule has 0 amide bonds. The first-order chi connectivity index (χ1) is 6.61. The fraction of sp³-hybridized carbons (Fsp3) is 0.250. The lowest BCUT2D eigenvalue weighted by atomic mass is 9.84. The summed E-state index contributed by atoms with van der Waals surface area (Å²) >= 11 is 0. The van der Waals surface area contributed by atoms with Gasteiger partial charge in [0, 0.05) is 11.0 Å². The predicted octanol–water partition coefficient (Wildman–Crippen LogP) is 3.08. The lowest BCUT2D eigenvalue weighted by Gasteiger charge is -2.21. The fourth-order valence-electron chi connectivity index (χ4n) is 1.25. The standard InChI is InChI=1S/C12H15NO/c1-4-12(2,3)11(13-14)10-8-6-5-7-9-10/h4-9,14H,1H2,2-3H3. The Morgan fingerprint density at radius 3 is 2.36 bits per heavy atom. The highest BCUT2D eigenvalue weighted by Gasteiger charge is 2.23. The van der Waals surface area contributed by atoms with Crippen molar-refractivity contribution in [2.24, 2.45) is 10.6 Å². The molecule has 0 heterocycles. The van der Waals surface area contributed by atoms with Gasteiger partial charge in [-0.3, -0.25) is 0 Å². The summed E-state index contributed by atoms with van der Waals surface area (Å²) in [5, 5.41) is 12.3. The van der Waals surface area contributed by atoms with Crippen molar-refractivity contribution in [2.45, 2.75) is 13.8 Å². The highest BCUT2D eigenvalue weighted by atomic mass is 16.4. The quantitative estimate of drug-likeness (QED) is 0.337. The molecule has 0 radical (unpaired) electrons. The van der Waals surface area contributed by atoms with Crippen LogP contribution in [0.25, 0.3) is 0 Å². The molecule has 1 rings (SSSR count). The van der Waals surface area contributed by atoms with E-state index in [1.54, 1.807) is 6.08 Å². The summed E-state index contributed by atoms with van der Waals surface area (Å²) in [4.78, 5) is 0. The Morgan fingerprint density at radius 2 is 1.93 bits per heavy atom. The first-order valence-electron chi connectivity index (χ1n) is 4.53. The third kappa shape index (κ3) is 2.02. The van der Waals surface area contributed by atoms with Crippen LogP contribution in [-0.2, 0) is 0 Å². The molecule has 0 fully saturated rings. The summed E-state index contributed by atoms with van der Waals surface area (Å²) in [6.07, 6.45) is 1.77. The van der Waals surface area contributed by atoms with Crippen LogP contribution < -0.4 is 0 Å². The number of benzene rings is 1. The average molecular weight is 189 g/mol. The molecule has 14 heavy (non-hydrogen) atoms. The molecule has 74 valence electrons. The third-order valence-corrected chi connectivity index (χ3v) is 2.27. The zero-order chi connectivity index (χ0) is 10.6. The van der Waals surface area contributed by atoms with Crippen LogP contribution in [0.15, 0.2) is 48.1 Å². The van der Waals surface area contributed by atoms with Crippen LogP contribution >= 0.6 is 0 Å². The summed E-state index contributed by atoms with van der Waals surface area (Å²) in [7, 11) is 0. The van der Waals surface area contributed by atoms with Crippen molar-refractivity contribution in [3.63, 3.8) is 0 Å². The van der Waals surface area contributed by atoms with E-state index >= 15 is 0 Å². The maximum Gasteiger partial charge on any atom is 0.0961 e. The number of hydrogen-bond donors (Lipinski definition) is 1. The first kappa shape index (κ1) is 10.5. The van der Waals surface area contributed by atoms with Crippen LogP contribution in [0.5, 0.6) is 0 Å². The van der Waals surface area contributed by atoms with Crippen LogP contribution in [0, 0.1) is 5.41 Å². The molecule has 0 aromatic heterocycles. The van der Waals surface area contributed by atoms with E-state index in [2.05, 4.69) is 11.7 Å². The van der Waals surface area contributed by atoms with Crippen molar-refractivity contribution in [3.8, 4) is 0 Å². The smallest absolute Gasteiger partial charge is 0.0961 e. The molecule has 0 atom stereocenters. The topological polar surface area (TPSA) is 32.6 Å².